The minimum Gasteiger partial charge on any atom is -0.293 e. The molecule has 1 saturated carbocycles. The van der Waals surface area contributed by atoms with E-state index in [1.165, 1.54) is 4.90 Å². The summed E-state index contributed by atoms with van der Waals surface area (Å²) in [5.74, 6) is -0.571. The maximum Gasteiger partial charge on any atom is 0.249 e. The molecule has 4 atom stereocenters. The number of amides is 3. The predicted molar refractivity (Wildman–Crippen MR) is 87.0 cm³/mol. The van der Waals surface area contributed by atoms with Gasteiger partial charge in [-0.1, -0.05) is 12.2 Å². The van der Waals surface area contributed by atoms with E-state index in [4.69, 9.17) is 0 Å². The third kappa shape index (κ3) is 2.52. The van der Waals surface area contributed by atoms with E-state index >= 15 is 0 Å². The Morgan fingerprint density at radius 3 is 2.36 bits per heavy atom. The number of allylic oxidation sites excluding steroid dienone is 2. The molecule has 4 unspecified atom stereocenters. The van der Waals surface area contributed by atoms with Crippen molar-refractivity contribution in [2.75, 3.05) is 11.9 Å². The Morgan fingerprint density at radius 2 is 1.76 bits per heavy atom. The van der Waals surface area contributed by atoms with Crippen LogP contribution in [0.4, 0.5) is 5.95 Å². The first-order chi connectivity index (χ1) is 12.0. The molecule has 0 aromatic carbocycles. The summed E-state index contributed by atoms with van der Waals surface area (Å²) < 4.78 is 0. The van der Waals surface area contributed by atoms with Gasteiger partial charge < -0.3 is 0 Å². The summed E-state index contributed by atoms with van der Waals surface area (Å²) in [5.41, 5.74) is 1.38. The van der Waals surface area contributed by atoms with E-state index in [9.17, 15) is 14.4 Å². The van der Waals surface area contributed by atoms with Crippen molar-refractivity contribution in [3.63, 3.8) is 0 Å². The Hall–Kier alpha value is -2.64. The highest BCUT2D eigenvalue weighted by Crippen LogP contribution is 2.52. The minimum absolute atomic E-state index is 0.0238. The van der Waals surface area contributed by atoms with Crippen LogP contribution in [-0.4, -0.2) is 44.3 Å². The zero-order chi connectivity index (χ0) is 17.7. The highest BCUT2D eigenvalue weighted by Gasteiger charge is 2.58. The molecule has 2 fully saturated rings. The van der Waals surface area contributed by atoms with E-state index < -0.39 is 0 Å². The van der Waals surface area contributed by atoms with Crippen molar-refractivity contribution in [3.05, 3.63) is 23.5 Å². The maximum absolute atomic E-state index is 12.5. The number of hydrogen-bond donors (Lipinski definition) is 1. The lowest BCUT2D eigenvalue weighted by molar-refractivity contribution is -0.140. The van der Waals surface area contributed by atoms with Crippen LogP contribution in [0.15, 0.2) is 12.2 Å². The van der Waals surface area contributed by atoms with Gasteiger partial charge in [-0.2, -0.15) is 5.10 Å². The van der Waals surface area contributed by atoms with Crippen molar-refractivity contribution in [3.8, 4) is 0 Å². The number of aryl methyl sites for hydroxylation is 2. The number of rotatable bonds is 4. The van der Waals surface area contributed by atoms with Crippen LogP contribution in [0.1, 0.15) is 24.2 Å². The van der Waals surface area contributed by atoms with Gasteiger partial charge in [0.25, 0.3) is 0 Å². The van der Waals surface area contributed by atoms with Gasteiger partial charge >= 0.3 is 0 Å². The average Bonchev–Trinajstić information content (AvgIpc) is 3.24. The van der Waals surface area contributed by atoms with Crippen LogP contribution in [-0.2, 0) is 14.4 Å². The van der Waals surface area contributed by atoms with E-state index in [1.807, 2.05) is 0 Å². The molecule has 0 spiro atoms. The van der Waals surface area contributed by atoms with Gasteiger partial charge in [0.1, 0.15) is 0 Å². The second kappa shape index (κ2) is 5.72. The number of anilines is 1. The number of carbonyl (C=O) groups excluding carboxylic acids is 3. The fourth-order valence-electron chi connectivity index (χ4n) is 4.09. The fraction of sp³-hybridized carbons (Fsp3) is 0.529. The molecular weight excluding hydrogens is 322 g/mol. The molecular formula is C17H19N5O3. The highest BCUT2D eigenvalue weighted by atomic mass is 16.2. The number of fused-ring (bicyclic) bond motifs is 5. The van der Waals surface area contributed by atoms with Crippen LogP contribution in [0.3, 0.4) is 0 Å². The van der Waals surface area contributed by atoms with Gasteiger partial charge in [0, 0.05) is 13.0 Å². The minimum atomic E-state index is -0.344. The molecule has 1 aliphatic heterocycles. The van der Waals surface area contributed by atoms with Gasteiger partial charge in [-0.15, -0.1) is 5.10 Å². The Labute approximate surface area is 144 Å². The van der Waals surface area contributed by atoms with Crippen LogP contribution in [0.2, 0.25) is 0 Å². The number of aromatic nitrogens is 3. The quantitative estimate of drug-likeness (QED) is 0.636. The summed E-state index contributed by atoms with van der Waals surface area (Å²) in [5, 5.41) is 10.3. The van der Waals surface area contributed by atoms with Crippen LogP contribution in [0.25, 0.3) is 0 Å². The molecule has 1 aromatic heterocycles. The van der Waals surface area contributed by atoms with Gasteiger partial charge in [-0.3, -0.25) is 24.6 Å². The Balaban J connectivity index is 1.37. The van der Waals surface area contributed by atoms with Crippen molar-refractivity contribution in [2.45, 2.75) is 26.7 Å². The third-order valence-electron chi connectivity index (χ3n) is 5.47. The van der Waals surface area contributed by atoms with E-state index in [-0.39, 0.29) is 60.3 Å². The van der Waals surface area contributed by atoms with E-state index in [0.29, 0.717) is 11.4 Å². The zero-order valence-electron chi connectivity index (χ0n) is 14.1. The number of likely N-dealkylation sites (tertiary alicyclic amines) is 1. The molecule has 1 N–H and O–H groups in total. The summed E-state index contributed by atoms with van der Waals surface area (Å²) in [6.45, 7) is 3.65. The Morgan fingerprint density at radius 1 is 1.12 bits per heavy atom. The van der Waals surface area contributed by atoms with Crippen LogP contribution >= 0.6 is 0 Å². The number of imide groups is 1. The first-order valence-corrected chi connectivity index (χ1v) is 8.47. The lowest BCUT2D eigenvalue weighted by Gasteiger charge is -2.16. The van der Waals surface area contributed by atoms with Gasteiger partial charge in [0.05, 0.1) is 23.2 Å². The van der Waals surface area contributed by atoms with E-state index in [0.717, 1.165) is 6.42 Å². The topological polar surface area (TPSA) is 105 Å². The largest absolute Gasteiger partial charge is 0.293 e. The van der Waals surface area contributed by atoms with Gasteiger partial charge in [0.2, 0.25) is 23.7 Å². The molecule has 0 radical (unpaired) electrons. The molecule has 2 heterocycles. The van der Waals surface area contributed by atoms with Crippen molar-refractivity contribution in [2.24, 2.45) is 23.7 Å². The SMILES string of the molecule is Cc1nnc(NC(=O)CCN2C(=O)C3C4C=CC(C4)C3C2=O)nc1C. The van der Waals surface area contributed by atoms with E-state index in [2.05, 4.69) is 32.7 Å². The second-order valence-corrected chi connectivity index (χ2v) is 6.93. The van der Waals surface area contributed by atoms with Gasteiger partial charge in [-0.05, 0) is 32.1 Å². The van der Waals surface area contributed by atoms with Crippen LogP contribution < -0.4 is 5.32 Å². The molecule has 8 heteroatoms. The highest BCUT2D eigenvalue weighted by molar-refractivity contribution is 6.06. The standard InChI is InChI=1S/C17H19N5O3/c1-8-9(2)20-21-17(18-8)19-12(23)5-6-22-15(24)13-10-3-4-11(7-10)14(13)16(22)25/h3-4,10-11,13-14H,5-7H2,1-2H3,(H,18,19,21,23). The molecule has 4 rings (SSSR count). The Kier molecular flexibility index (Phi) is 3.63. The lowest BCUT2D eigenvalue weighted by atomic mass is 9.85. The lowest BCUT2D eigenvalue weighted by Crippen LogP contribution is -2.35. The summed E-state index contributed by atoms with van der Waals surface area (Å²) in [7, 11) is 0. The Bertz CT molecular complexity index is 775. The first kappa shape index (κ1) is 15.9. The monoisotopic (exact) mass is 341 g/mol. The summed E-state index contributed by atoms with van der Waals surface area (Å²) >= 11 is 0. The van der Waals surface area contributed by atoms with Crippen molar-refractivity contribution in [1.82, 2.24) is 20.1 Å². The predicted octanol–water partition coefficient (Wildman–Crippen LogP) is 0.624. The smallest absolute Gasteiger partial charge is 0.249 e. The number of nitrogens with one attached hydrogen (secondary N) is 1. The van der Waals surface area contributed by atoms with Crippen LogP contribution in [0.5, 0.6) is 0 Å². The maximum atomic E-state index is 12.5. The number of hydrogen-bond acceptors (Lipinski definition) is 6. The number of carbonyl (C=O) groups is 3. The van der Waals surface area contributed by atoms with E-state index in [1.54, 1.807) is 13.8 Å². The molecule has 2 aliphatic carbocycles. The molecule has 25 heavy (non-hydrogen) atoms. The average molecular weight is 341 g/mol. The van der Waals surface area contributed by atoms with Crippen molar-refractivity contribution in [1.29, 1.82) is 0 Å². The molecule has 8 nitrogen and oxygen atoms in total. The van der Waals surface area contributed by atoms with Crippen molar-refractivity contribution < 1.29 is 14.4 Å². The van der Waals surface area contributed by atoms with Gasteiger partial charge in [0.15, 0.2) is 0 Å². The molecule has 2 bridgehead atoms. The molecule has 3 aliphatic rings. The van der Waals surface area contributed by atoms with Gasteiger partial charge in [-0.25, -0.2) is 4.98 Å². The summed E-state index contributed by atoms with van der Waals surface area (Å²) in [6.07, 6.45) is 5.03. The molecule has 1 saturated heterocycles. The third-order valence-corrected chi connectivity index (χ3v) is 5.47. The summed E-state index contributed by atoms with van der Waals surface area (Å²) in [4.78, 5) is 42.6. The zero-order valence-corrected chi connectivity index (χ0v) is 14.1. The molecule has 3 amide bonds. The second-order valence-electron chi connectivity index (χ2n) is 6.93. The fourth-order valence-corrected chi connectivity index (χ4v) is 4.09. The normalized spacial score (nSPS) is 29.4. The van der Waals surface area contributed by atoms with Crippen LogP contribution in [0, 0.1) is 37.5 Å². The van der Waals surface area contributed by atoms with Crippen molar-refractivity contribution >= 4 is 23.7 Å². The first-order valence-electron chi connectivity index (χ1n) is 8.47. The number of nitrogens with zero attached hydrogens (tertiary/aromatic N) is 4. The summed E-state index contributed by atoms with van der Waals surface area (Å²) in [6, 6.07) is 0. The molecule has 1 aromatic rings. The molecule has 130 valence electrons.